The molecule has 1 fully saturated rings. The van der Waals surface area contributed by atoms with Gasteiger partial charge in [-0.3, -0.25) is 0 Å². The van der Waals surface area contributed by atoms with Crippen molar-refractivity contribution < 1.29 is 19.0 Å². The molecular formula is C19H25N3O4. The van der Waals surface area contributed by atoms with Crippen molar-refractivity contribution in [2.45, 2.75) is 45.1 Å². The molecule has 1 saturated heterocycles. The van der Waals surface area contributed by atoms with Gasteiger partial charge in [0.15, 0.2) is 11.5 Å². The summed E-state index contributed by atoms with van der Waals surface area (Å²) in [6.45, 7) is 8.16. The smallest absolute Gasteiger partial charge is 0.410 e. The predicted molar refractivity (Wildman–Crippen MR) is 96.9 cm³/mol. The number of piperidine rings is 1. The maximum absolute atomic E-state index is 12.2. The molecule has 1 aromatic heterocycles. The first-order chi connectivity index (χ1) is 12.4. The Morgan fingerprint density at radius 3 is 2.50 bits per heavy atom. The van der Waals surface area contributed by atoms with Crippen LogP contribution in [0.2, 0.25) is 0 Å². The van der Waals surface area contributed by atoms with E-state index in [4.69, 9.17) is 19.2 Å². The third kappa shape index (κ3) is 3.43. The van der Waals surface area contributed by atoms with Crippen LogP contribution in [0.15, 0.2) is 12.1 Å². The lowest BCUT2D eigenvalue weighted by Crippen LogP contribution is -2.41. The van der Waals surface area contributed by atoms with Gasteiger partial charge in [0, 0.05) is 31.1 Å². The van der Waals surface area contributed by atoms with E-state index in [-0.39, 0.29) is 6.09 Å². The van der Waals surface area contributed by atoms with Crippen molar-refractivity contribution in [1.82, 2.24) is 14.9 Å². The van der Waals surface area contributed by atoms with Crippen molar-refractivity contribution in [2.24, 2.45) is 0 Å². The van der Waals surface area contributed by atoms with E-state index < -0.39 is 5.60 Å². The molecule has 7 nitrogen and oxygen atoms in total. The molecule has 2 aromatic rings. The molecule has 4 rings (SSSR count). The van der Waals surface area contributed by atoms with E-state index in [1.807, 2.05) is 32.9 Å². The van der Waals surface area contributed by atoms with E-state index in [1.165, 1.54) is 0 Å². The number of likely N-dealkylation sites (tertiary alicyclic amines) is 1. The van der Waals surface area contributed by atoms with Gasteiger partial charge >= 0.3 is 6.09 Å². The summed E-state index contributed by atoms with van der Waals surface area (Å²) in [6.07, 6.45) is 1.50. The molecule has 0 unspecified atom stereocenters. The minimum atomic E-state index is -0.462. The average Bonchev–Trinajstić information content (AvgIpc) is 3.01. The Morgan fingerprint density at radius 2 is 1.85 bits per heavy atom. The van der Waals surface area contributed by atoms with E-state index in [9.17, 15) is 4.79 Å². The third-order valence-electron chi connectivity index (χ3n) is 4.70. The molecule has 1 N–H and O–H groups in total. The number of carbonyl (C=O) groups excluding carboxylic acids is 1. The highest BCUT2D eigenvalue weighted by Gasteiger charge is 2.29. The van der Waals surface area contributed by atoms with Gasteiger partial charge < -0.3 is 24.1 Å². The van der Waals surface area contributed by atoms with Gasteiger partial charge in [-0.05, 0) is 33.6 Å². The van der Waals surface area contributed by atoms with Gasteiger partial charge in [0.2, 0.25) is 0 Å². The molecule has 2 aliphatic heterocycles. The van der Waals surface area contributed by atoms with E-state index in [1.54, 1.807) is 4.90 Å². The van der Waals surface area contributed by atoms with E-state index in [0.717, 1.165) is 41.2 Å². The number of ether oxygens (including phenoxy) is 3. The molecule has 0 atom stereocenters. The topological polar surface area (TPSA) is 76.7 Å². The summed E-state index contributed by atoms with van der Waals surface area (Å²) < 4.78 is 16.7. The summed E-state index contributed by atoms with van der Waals surface area (Å²) in [4.78, 5) is 22.1. The van der Waals surface area contributed by atoms with E-state index >= 15 is 0 Å². The fourth-order valence-electron chi connectivity index (χ4n) is 3.42. The number of aromatic nitrogens is 2. The molecule has 0 radical (unpaired) electrons. The highest BCUT2D eigenvalue weighted by molar-refractivity contribution is 5.80. The van der Waals surface area contributed by atoms with Crippen molar-refractivity contribution in [1.29, 1.82) is 0 Å². The highest BCUT2D eigenvalue weighted by atomic mass is 16.6. The maximum Gasteiger partial charge on any atom is 0.410 e. The Hall–Kier alpha value is -2.44. The summed E-state index contributed by atoms with van der Waals surface area (Å²) in [5.74, 6) is 2.78. The third-order valence-corrected chi connectivity index (χ3v) is 4.70. The molecular weight excluding hydrogens is 334 g/mol. The standard InChI is InChI=1S/C19H25N3O4/c1-19(2,3)26-18(23)22-6-4-12(5-7-22)17-20-13-10-15-16(11-14(13)21-17)25-9-8-24-15/h10-12H,4-9H2,1-3H3,(H,20,21). The van der Waals surface area contributed by atoms with Crippen LogP contribution in [0.3, 0.4) is 0 Å². The lowest BCUT2D eigenvalue weighted by atomic mass is 9.96. The summed E-state index contributed by atoms with van der Waals surface area (Å²) >= 11 is 0. The molecule has 0 spiro atoms. The first-order valence-electron chi connectivity index (χ1n) is 9.16. The molecule has 2 aliphatic rings. The molecule has 0 bridgehead atoms. The first-order valence-corrected chi connectivity index (χ1v) is 9.16. The van der Waals surface area contributed by atoms with Crippen LogP contribution in [0, 0.1) is 0 Å². The molecule has 7 heteroatoms. The maximum atomic E-state index is 12.2. The zero-order chi connectivity index (χ0) is 18.3. The number of H-pyrrole nitrogens is 1. The van der Waals surface area contributed by atoms with Crippen molar-refractivity contribution in [3.05, 3.63) is 18.0 Å². The summed E-state index contributed by atoms with van der Waals surface area (Å²) in [5, 5.41) is 0. The number of amides is 1. The van der Waals surface area contributed by atoms with Crippen LogP contribution < -0.4 is 9.47 Å². The van der Waals surface area contributed by atoms with Crippen LogP contribution in [-0.4, -0.2) is 52.9 Å². The number of nitrogens with zero attached hydrogens (tertiary/aromatic N) is 2. The van der Waals surface area contributed by atoms with Crippen molar-refractivity contribution in [3.63, 3.8) is 0 Å². The minimum absolute atomic E-state index is 0.234. The van der Waals surface area contributed by atoms with E-state index in [2.05, 4.69) is 4.98 Å². The monoisotopic (exact) mass is 359 g/mol. The number of rotatable bonds is 1. The quantitative estimate of drug-likeness (QED) is 0.844. The summed E-state index contributed by atoms with van der Waals surface area (Å²) in [5.41, 5.74) is 1.38. The normalized spacial score (nSPS) is 18.2. The highest BCUT2D eigenvalue weighted by Crippen LogP contribution is 2.35. The number of imidazole rings is 1. The first kappa shape index (κ1) is 17.0. The summed E-state index contributed by atoms with van der Waals surface area (Å²) in [6, 6.07) is 3.88. The number of aromatic amines is 1. The molecule has 1 aromatic carbocycles. The molecule has 1 amide bonds. The molecule has 26 heavy (non-hydrogen) atoms. The van der Waals surface area contributed by atoms with Gasteiger partial charge in [0.1, 0.15) is 24.6 Å². The second kappa shape index (κ2) is 6.37. The predicted octanol–water partition coefficient (Wildman–Crippen LogP) is 3.45. The number of hydrogen-bond acceptors (Lipinski definition) is 5. The average molecular weight is 359 g/mol. The molecule has 140 valence electrons. The van der Waals surface area contributed by atoms with Crippen LogP contribution in [-0.2, 0) is 4.74 Å². The molecule has 0 saturated carbocycles. The van der Waals surface area contributed by atoms with Crippen LogP contribution in [0.5, 0.6) is 11.5 Å². The lowest BCUT2D eigenvalue weighted by molar-refractivity contribution is 0.0203. The van der Waals surface area contributed by atoms with Crippen LogP contribution in [0.25, 0.3) is 11.0 Å². The molecule has 3 heterocycles. The Balaban J connectivity index is 1.45. The number of nitrogens with one attached hydrogen (secondary N) is 1. The van der Waals surface area contributed by atoms with Crippen LogP contribution in [0.1, 0.15) is 45.4 Å². The van der Waals surface area contributed by atoms with Crippen molar-refractivity contribution >= 4 is 17.1 Å². The summed E-state index contributed by atoms with van der Waals surface area (Å²) in [7, 11) is 0. The Kier molecular flexibility index (Phi) is 4.17. The Morgan fingerprint density at radius 1 is 1.19 bits per heavy atom. The SMILES string of the molecule is CC(C)(C)OC(=O)N1CCC(c2nc3cc4c(cc3[nH]2)OCCO4)CC1. The fraction of sp³-hybridized carbons (Fsp3) is 0.579. The van der Waals surface area contributed by atoms with Gasteiger partial charge in [-0.2, -0.15) is 0 Å². The van der Waals surface area contributed by atoms with Gasteiger partial charge in [-0.25, -0.2) is 9.78 Å². The second-order valence-electron chi connectivity index (χ2n) is 7.88. The minimum Gasteiger partial charge on any atom is -0.486 e. The second-order valence-corrected chi connectivity index (χ2v) is 7.88. The number of benzene rings is 1. The van der Waals surface area contributed by atoms with Crippen molar-refractivity contribution in [2.75, 3.05) is 26.3 Å². The van der Waals surface area contributed by atoms with Gasteiger partial charge in [-0.15, -0.1) is 0 Å². The fourth-order valence-corrected chi connectivity index (χ4v) is 3.42. The Bertz CT molecular complexity index is 773. The van der Waals surface area contributed by atoms with Crippen LogP contribution in [0.4, 0.5) is 4.79 Å². The van der Waals surface area contributed by atoms with E-state index in [0.29, 0.717) is 32.2 Å². The van der Waals surface area contributed by atoms with Crippen LogP contribution >= 0.6 is 0 Å². The zero-order valence-corrected chi connectivity index (χ0v) is 15.5. The zero-order valence-electron chi connectivity index (χ0n) is 15.5. The lowest BCUT2D eigenvalue weighted by Gasteiger charge is -2.32. The number of carbonyl (C=O) groups is 1. The van der Waals surface area contributed by atoms with Gasteiger partial charge in [-0.1, -0.05) is 0 Å². The van der Waals surface area contributed by atoms with Gasteiger partial charge in [0.25, 0.3) is 0 Å². The molecule has 0 aliphatic carbocycles. The van der Waals surface area contributed by atoms with Crippen molar-refractivity contribution in [3.8, 4) is 11.5 Å². The van der Waals surface area contributed by atoms with Gasteiger partial charge in [0.05, 0.1) is 11.0 Å². The largest absolute Gasteiger partial charge is 0.486 e. The Labute approximate surface area is 152 Å². The number of fused-ring (bicyclic) bond motifs is 2. The number of hydrogen-bond donors (Lipinski definition) is 1.